The van der Waals surface area contributed by atoms with Crippen molar-refractivity contribution in [1.29, 1.82) is 0 Å². The van der Waals surface area contributed by atoms with E-state index in [0.717, 1.165) is 0 Å². The maximum absolute atomic E-state index is 13.3. The first-order valence-corrected chi connectivity index (χ1v) is 11.5. The van der Waals surface area contributed by atoms with Crippen molar-refractivity contribution < 1.29 is 23.1 Å². The summed E-state index contributed by atoms with van der Waals surface area (Å²) in [6.45, 7) is 12.6. The van der Waals surface area contributed by atoms with Crippen molar-refractivity contribution in [2.45, 2.75) is 54.1 Å². The van der Waals surface area contributed by atoms with Crippen LogP contribution in [0.4, 0.5) is 8.78 Å². The van der Waals surface area contributed by atoms with Gasteiger partial charge in [0.15, 0.2) is 0 Å². The van der Waals surface area contributed by atoms with Crippen LogP contribution in [0.2, 0.25) is 0 Å². The fourth-order valence-corrected chi connectivity index (χ4v) is 4.46. The highest BCUT2D eigenvalue weighted by Crippen LogP contribution is 2.43. The summed E-state index contributed by atoms with van der Waals surface area (Å²) >= 11 is 0. The van der Waals surface area contributed by atoms with Gasteiger partial charge in [0.1, 0.15) is 17.7 Å². The van der Waals surface area contributed by atoms with Crippen LogP contribution in [0.1, 0.15) is 68.7 Å². The monoisotopic (exact) mass is 459 g/mol. The maximum atomic E-state index is 13.3. The molecule has 0 aromatic heterocycles. The second-order valence-electron chi connectivity index (χ2n) is 9.64. The van der Waals surface area contributed by atoms with Crippen LogP contribution in [0.3, 0.4) is 0 Å². The van der Waals surface area contributed by atoms with Crippen molar-refractivity contribution >= 4 is 11.9 Å². The molecule has 0 aliphatic heterocycles. The van der Waals surface area contributed by atoms with Crippen molar-refractivity contribution in [3.63, 3.8) is 0 Å². The molecule has 0 saturated heterocycles. The molecule has 1 atom stereocenters. The van der Waals surface area contributed by atoms with Gasteiger partial charge in [-0.25, -0.2) is 13.6 Å². The van der Waals surface area contributed by atoms with Gasteiger partial charge in [-0.05, 0) is 72.7 Å². The van der Waals surface area contributed by atoms with Gasteiger partial charge in [0.05, 0.1) is 5.56 Å². The molecule has 2 aromatic carbocycles. The average Bonchev–Trinajstić information content (AvgIpc) is 2.74. The normalized spacial score (nSPS) is 12.8. The Bertz CT molecular complexity index is 913. The van der Waals surface area contributed by atoms with Crippen molar-refractivity contribution in [3.05, 3.63) is 71.3 Å². The Morgan fingerprint density at radius 2 is 1.27 bits per heavy atom. The quantitative estimate of drug-likeness (QED) is 0.426. The lowest BCUT2D eigenvalue weighted by Gasteiger charge is -2.47. The Hall–Kier alpha value is -2.76. The fraction of sp³-hybridized carbons (Fsp3) is 0.481. The number of amides is 1. The van der Waals surface area contributed by atoms with Crippen LogP contribution in [0.25, 0.3) is 0 Å². The van der Waals surface area contributed by atoms with Crippen LogP contribution in [0.15, 0.2) is 48.5 Å². The number of halogens is 2. The summed E-state index contributed by atoms with van der Waals surface area (Å²) in [6, 6.07) is 10.7. The molecule has 0 radical (unpaired) electrons. The molecule has 0 bridgehead atoms. The van der Waals surface area contributed by atoms with E-state index in [9.17, 15) is 18.4 Å². The first-order valence-electron chi connectivity index (χ1n) is 11.5. The zero-order chi connectivity index (χ0) is 24.8. The summed E-state index contributed by atoms with van der Waals surface area (Å²) in [5.74, 6) is -1.29. The van der Waals surface area contributed by atoms with Crippen LogP contribution in [-0.2, 0) is 4.74 Å². The first-order chi connectivity index (χ1) is 15.5. The molecular weight excluding hydrogens is 424 g/mol. The van der Waals surface area contributed by atoms with E-state index >= 15 is 0 Å². The Morgan fingerprint density at radius 1 is 0.818 bits per heavy atom. The number of ether oxygens (including phenoxy) is 1. The highest BCUT2D eigenvalue weighted by Gasteiger charge is 2.47. The summed E-state index contributed by atoms with van der Waals surface area (Å²) in [6.07, 6.45) is 0.124. The lowest BCUT2D eigenvalue weighted by Crippen LogP contribution is -2.54. The standard InChI is InChI=1S/C27H35F2NO3/c1-17(2)15-24(33-26(32)21-9-13-23(29)14-10-21)27(18(3)4,19(5)6)16-30-25(31)20-7-11-22(28)12-8-20/h7-14,17-19,24H,15-16H2,1-6H3,(H,30,31). The number of benzene rings is 2. The van der Waals surface area contributed by atoms with Crippen LogP contribution in [0.5, 0.6) is 0 Å². The predicted octanol–water partition coefficient (Wildman–Crippen LogP) is 6.26. The van der Waals surface area contributed by atoms with Gasteiger partial charge >= 0.3 is 5.97 Å². The van der Waals surface area contributed by atoms with E-state index < -0.39 is 29.1 Å². The van der Waals surface area contributed by atoms with Crippen LogP contribution in [0, 0.1) is 34.8 Å². The molecule has 0 spiro atoms. The molecule has 33 heavy (non-hydrogen) atoms. The molecule has 1 amide bonds. The minimum Gasteiger partial charge on any atom is -0.458 e. The molecule has 0 heterocycles. The third kappa shape index (κ3) is 6.62. The van der Waals surface area contributed by atoms with E-state index in [1.807, 2.05) is 0 Å². The van der Waals surface area contributed by atoms with Crippen LogP contribution >= 0.6 is 0 Å². The summed E-state index contributed by atoms with van der Waals surface area (Å²) in [5.41, 5.74) is 0.0822. The zero-order valence-corrected chi connectivity index (χ0v) is 20.3. The van der Waals surface area contributed by atoms with E-state index in [1.165, 1.54) is 48.5 Å². The average molecular weight is 460 g/mol. The third-order valence-corrected chi connectivity index (χ3v) is 6.43. The Balaban J connectivity index is 2.35. The van der Waals surface area contributed by atoms with Crippen molar-refractivity contribution in [1.82, 2.24) is 5.32 Å². The number of nitrogens with one attached hydrogen (secondary N) is 1. The molecule has 4 nitrogen and oxygen atoms in total. The van der Waals surface area contributed by atoms with Gasteiger partial charge in [-0.3, -0.25) is 4.79 Å². The molecule has 0 saturated carbocycles. The van der Waals surface area contributed by atoms with Gasteiger partial charge < -0.3 is 10.1 Å². The van der Waals surface area contributed by atoms with E-state index in [0.29, 0.717) is 12.0 Å². The van der Waals surface area contributed by atoms with Gasteiger partial charge in [-0.15, -0.1) is 0 Å². The zero-order valence-electron chi connectivity index (χ0n) is 20.3. The van der Waals surface area contributed by atoms with Gasteiger partial charge in [0.25, 0.3) is 5.91 Å². The van der Waals surface area contributed by atoms with Gasteiger partial charge in [0, 0.05) is 17.5 Å². The molecular formula is C27H35F2NO3. The van der Waals surface area contributed by atoms with E-state index in [1.54, 1.807) is 0 Å². The van der Waals surface area contributed by atoms with E-state index in [4.69, 9.17) is 4.74 Å². The summed E-state index contributed by atoms with van der Waals surface area (Å²) < 4.78 is 32.6. The molecule has 2 rings (SSSR count). The number of hydrogen-bond acceptors (Lipinski definition) is 3. The minimum absolute atomic E-state index is 0.0655. The predicted molar refractivity (Wildman–Crippen MR) is 126 cm³/mol. The topological polar surface area (TPSA) is 55.4 Å². The molecule has 1 N–H and O–H groups in total. The molecule has 0 aliphatic rings. The SMILES string of the molecule is CC(C)CC(OC(=O)c1ccc(F)cc1)C(CNC(=O)c1ccc(F)cc1)(C(C)C)C(C)C. The number of esters is 1. The molecule has 0 fully saturated rings. The summed E-state index contributed by atoms with van der Waals surface area (Å²) in [5, 5.41) is 2.99. The highest BCUT2D eigenvalue weighted by molar-refractivity contribution is 5.94. The minimum atomic E-state index is -0.560. The molecule has 6 heteroatoms. The van der Waals surface area contributed by atoms with Crippen molar-refractivity contribution in [2.24, 2.45) is 23.2 Å². The smallest absolute Gasteiger partial charge is 0.338 e. The third-order valence-electron chi connectivity index (χ3n) is 6.43. The summed E-state index contributed by atoms with van der Waals surface area (Å²) in [7, 11) is 0. The number of carbonyl (C=O) groups excluding carboxylic acids is 2. The number of hydrogen-bond donors (Lipinski definition) is 1. The molecule has 0 aliphatic carbocycles. The second kappa shape index (κ2) is 11.4. The van der Waals surface area contributed by atoms with Gasteiger partial charge in [0.2, 0.25) is 0 Å². The van der Waals surface area contributed by atoms with Crippen LogP contribution in [-0.4, -0.2) is 24.5 Å². The van der Waals surface area contributed by atoms with Crippen LogP contribution < -0.4 is 5.32 Å². The lowest BCUT2D eigenvalue weighted by molar-refractivity contribution is -0.0699. The molecule has 180 valence electrons. The maximum Gasteiger partial charge on any atom is 0.338 e. The van der Waals surface area contributed by atoms with E-state index in [2.05, 4.69) is 46.9 Å². The Kier molecular flexibility index (Phi) is 9.15. The first kappa shape index (κ1) is 26.5. The number of carbonyl (C=O) groups is 2. The largest absolute Gasteiger partial charge is 0.458 e. The number of rotatable bonds is 10. The summed E-state index contributed by atoms with van der Waals surface area (Å²) in [4.78, 5) is 25.8. The van der Waals surface area contributed by atoms with Crippen molar-refractivity contribution in [3.8, 4) is 0 Å². The Morgan fingerprint density at radius 3 is 1.70 bits per heavy atom. The van der Waals surface area contributed by atoms with Gasteiger partial charge in [-0.2, -0.15) is 0 Å². The Labute approximate surface area is 195 Å². The highest BCUT2D eigenvalue weighted by atomic mass is 19.1. The molecule has 2 aromatic rings. The van der Waals surface area contributed by atoms with Crippen molar-refractivity contribution in [2.75, 3.05) is 6.54 Å². The second-order valence-corrected chi connectivity index (χ2v) is 9.64. The van der Waals surface area contributed by atoms with E-state index in [-0.39, 0.29) is 35.8 Å². The fourth-order valence-electron chi connectivity index (χ4n) is 4.46. The molecule has 1 unspecified atom stereocenters. The lowest BCUT2D eigenvalue weighted by atomic mass is 9.63. The van der Waals surface area contributed by atoms with Gasteiger partial charge in [-0.1, -0.05) is 41.5 Å².